The second-order valence-corrected chi connectivity index (χ2v) is 5.62. The number of hydrogen-bond acceptors (Lipinski definition) is 3. The lowest BCUT2D eigenvalue weighted by atomic mass is 10.3. The summed E-state index contributed by atoms with van der Waals surface area (Å²) in [5.41, 5.74) is 0. The van der Waals surface area contributed by atoms with E-state index in [1.54, 1.807) is 0 Å². The molecule has 1 saturated heterocycles. The third kappa shape index (κ3) is 11.9. The van der Waals surface area contributed by atoms with Crippen LogP contribution < -0.4 is 4.72 Å². The average molecular weight is 252 g/mol. The van der Waals surface area contributed by atoms with Crippen molar-refractivity contribution in [1.82, 2.24) is 9.62 Å². The van der Waals surface area contributed by atoms with E-state index in [2.05, 4.69) is 23.5 Å². The maximum Gasteiger partial charge on any atom is 0.208 e. The first-order valence-corrected chi connectivity index (χ1v) is 7.94. The zero-order valence-electron chi connectivity index (χ0n) is 11.6. The summed E-state index contributed by atoms with van der Waals surface area (Å²) in [6, 6.07) is 0.120. The summed E-state index contributed by atoms with van der Waals surface area (Å²) in [6.07, 6.45) is 3.37. The highest BCUT2D eigenvalue weighted by atomic mass is 32.2. The maximum absolute atomic E-state index is 10.8. The highest BCUT2D eigenvalue weighted by Gasteiger charge is 2.21. The fourth-order valence-corrected chi connectivity index (χ4v) is 2.13. The Morgan fingerprint density at radius 2 is 1.75 bits per heavy atom. The Hall–Kier alpha value is -0.130. The van der Waals surface area contributed by atoms with Crippen molar-refractivity contribution >= 4 is 10.0 Å². The van der Waals surface area contributed by atoms with Gasteiger partial charge in [-0.25, -0.2) is 13.1 Å². The molecule has 1 atom stereocenters. The molecule has 1 aliphatic rings. The molecule has 0 spiro atoms. The summed E-state index contributed by atoms with van der Waals surface area (Å²) < 4.78 is 24.1. The molecule has 0 bridgehead atoms. The van der Waals surface area contributed by atoms with Gasteiger partial charge in [-0.15, -0.1) is 0 Å². The Morgan fingerprint density at radius 3 is 2.00 bits per heavy atom. The van der Waals surface area contributed by atoms with E-state index in [0.717, 1.165) is 19.5 Å². The Bertz CT molecular complexity index is 240. The van der Waals surface area contributed by atoms with Crippen LogP contribution in [0.3, 0.4) is 0 Å². The molecule has 1 heterocycles. The number of nitrogens with zero attached hydrogens (tertiary/aromatic N) is 1. The lowest BCUT2D eigenvalue weighted by Crippen LogP contribution is -2.35. The Morgan fingerprint density at radius 1 is 1.31 bits per heavy atom. The van der Waals surface area contributed by atoms with Crippen molar-refractivity contribution in [2.75, 3.05) is 26.4 Å². The van der Waals surface area contributed by atoms with Crippen LogP contribution in [0.4, 0.5) is 0 Å². The van der Waals surface area contributed by atoms with Gasteiger partial charge in [0, 0.05) is 12.6 Å². The lowest BCUT2D eigenvalue weighted by molar-refractivity contribution is 0.407. The fourth-order valence-electron chi connectivity index (χ4n) is 1.33. The molecule has 1 rings (SSSR count). The van der Waals surface area contributed by atoms with Crippen LogP contribution >= 0.6 is 0 Å². The van der Waals surface area contributed by atoms with E-state index in [1.165, 1.54) is 12.7 Å². The van der Waals surface area contributed by atoms with Gasteiger partial charge in [-0.1, -0.05) is 34.1 Å². The number of likely N-dealkylation sites (tertiary alicyclic amines) is 1. The molecule has 0 amide bonds. The summed E-state index contributed by atoms with van der Waals surface area (Å²) in [5, 5.41) is 0. The highest BCUT2D eigenvalue weighted by Crippen LogP contribution is 2.06. The second kappa shape index (κ2) is 10.1. The van der Waals surface area contributed by atoms with Gasteiger partial charge in [0.15, 0.2) is 0 Å². The number of sulfonamides is 1. The van der Waals surface area contributed by atoms with Crippen molar-refractivity contribution in [3.8, 4) is 0 Å². The van der Waals surface area contributed by atoms with Gasteiger partial charge in [-0.3, -0.25) is 0 Å². The predicted octanol–water partition coefficient (Wildman–Crippen LogP) is 1.68. The minimum absolute atomic E-state index is 0.120. The van der Waals surface area contributed by atoms with Crippen LogP contribution in [0, 0.1) is 0 Å². The predicted molar refractivity (Wildman–Crippen MR) is 71.2 cm³/mol. The van der Waals surface area contributed by atoms with Gasteiger partial charge in [-0.05, 0) is 20.0 Å². The Balaban J connectivity index is 0. The van der Waals surface area contributed by atoms with Gasteiger partial charge in [0.1, 0.15) is 0 Å². The molecule has 1 fully saturated rings. The summed E-state index contributed by atoms with van der Waals surface area (Å²) in [5.74, 6) is 0. The molecular formula is C11H28N2O2S. The van der Waals surface area contributed by atoms with E-state index in [1.807, 2.05) is 20.9 Å². The van der Waals surface area contributed by atoms with Gasteiger partial charge in [0.2, 0.25) is 10.0 Å². The smallest absolute Gasteiger partial charge is 0.208 e. The molecule has 1 aliphatic heterocycles. The Labute approximate surface area is 101 Å². The minimum atomic E-state index is -3.01. The first-order valence-electron chi connectivity index (χ1n) is 6.04. The summed E-state index contributed by atoms with van der Waals surface area (Å²) in [4.78, 5) is 2.11. The topological polar surface area (TPSA) is 49.4 Å². The van der Waals surface area contributed by atoms with Crippen molar-refractivity contribution in [2.45, 2.75) is 46.6 Å². The highest BCUT2D eigenvalue weighted by molar-refractivity contribution is 7.88. The van der Waals surface area contributed by atoms with Crippen LogP contribution in [0.2, 0.25) is 0 Å². The van der Waals surface area contributed by atoms with E-state index < -0.39 is 10.0 Å². The van der Waals surface area contributed by atoms with Crippen LogP contribution in [-0.2, 0) is 10.0 Å². The van der Waals surface area contributed by atoms with E-state index in [9.17, 15) is 8.42 Å². The molecule has 0 aromatic heterocycles. The van der Waals surface area contributed by atoms with E-state index in [0.29, 0.717) is 0 Å². The molecule has 4 nitrogen and oxygen atoms in total. The molecule has 1 unspecified atom stereocenters. The molecule has 5 heteroatoms. The summed E-state index contributed by atoms with van der Waals surface area (Å²) in [6.45, 7) is 10.1. The average Bonchev–Trinajstić information content (AvgIpc) is 2.53. The molecule has 0 aromatic rings. The lowest BCUT2D eigenvalue weighted by Gasteiger charge is -2.10. The third-order valence-electron chi connectivity index (χ3n) is 1.77. The van der Waals surface area contributed by atoms with Gasteiger partial charge in [0.05, 0.1) is 6.26 Å². The standard InChI is InChI=1S/C6H14N2O2S.C3H8.C2H6/c1-8-4-3-6(5-8)7-11(2,9)10;1-3-2;1-2/h6-7H,3-5H2,1-2H3;3H2,1-2H3;1-2H3. The molecule has 100 valence electrons. The van der Waals surface area contributed by atoms with E-state index >= 15 is 0 Å². The van der Waals surface area contributed by atoms with Crippen molar-refractivity contribution in [3.05, 3.63) is 0 Å². The van der Waals surface area contributed by atoms with Crippen molar-refractivity contribution < 1.29 is 8.42 Å². The van der Waals surface area contributed by atoms with Crippen LogP contribution in [0.25, 0.3) is 0 Å². The molecule has 0 aromatic carbocycles. The Kier molecular flexibility index (Phi) is 11.5. The SMILES string of the molecule is CC.CCC.CN1CCC(NS(C)(=O)=O)C1. The normalized spacial score (nSPS) is 20.5. The van der Waals surface area contributed by atoms with Crippen LogP contribution in [0.5, 0.6) is 0 Å². The van der Waals surface area contributed by atoms with Gasteiger partial charge < -0.3 is 4.90 Å². The zero-order chi connectivity index (χ0) is 13.2. The fraction of sp³-hybridized carbons (Fsp3) is 1.00. The molecule has 1 N–H and O–H groups in total. The van der Waals surface area contributed by atoms with Crippen molar-refractivity contribution in [2.24, 2.45) is 0 Å². The van der Waals surface area contributed by atoms with Gasteiger partial charge in [0.25, 0.3) is 0 Å². The largest absolute Gasteiger partial charge is 0.305 e. The molecule has 16 heavy (non-hydrogen) atoms. The second-order valence-electron chi connectivity index (χ2n) is 3.84. The third-order valence-corrected chi connectivity index (χ3v) is 2.53. The monoisotopic (exact) mass is 252 g/mol. The number of hydrogen-bond donors (Lipinski definition) is 1. The molecule has 0 saturated carbocycles. The quantitative estimate of drug-likeness (QED) is 0.813. The maximum atomic E-state index is 10.8. The van der Waals surface area contributed by atoms with Crippen LogP contribution in [-0.4, -0.2) is 45.8 Å². The van der Waals surface area contributed by atoms with Crippen molar-refractivity contribution in [1.29, 1.82) is 0 Å². The number of likely N-dealkylation sites (N-methyl/N-ethyl adjacent to an activating group) is 1. The van der Waals surface area contributed by atoms with Crippen molar-refractivity contribution in [3.63, 3.8) is 0 Å². The van der Waals surface area contributed by atoms with Crippen LogP contribution in [0.1, 0.15) is 40.5 Å². The van der Waals surface area contributed by atoms with E-state index in [4.69, 9.17) is 0 Å². The zero-order valence-corrected chi connectivity index (χ0v) is 12.4. The summed E-state index contributed by atoms with van der Waals surface area (Å²) in [7, 11) is -1.02. The number of rotatable bonds is 2. The first kappa shape index (κ1) is 18.2. The van der Waals surface area contributed by atoms with Crippen LogP contribution in [0.15, 0.2) is 0 Å². The number of nitrogens with one attached hydrogen (secondary N) is 1. The molecular weight excluding hydrogens is 224 g/mol. The minimum Gasteiger partial charge on any atom is -0.305 e. The van der Waals surface area contributed by atoms with E-state index in [-0.39, 0.29) is 6.04 Å². The molecule has 0 aliphatic carbocycles. The van der Waals surface area contributed by atoms with Gasteiger partial charge >= 0.3 is 0 Å². The first-order chi connectivity index (χ1) is 7.39. The summed E-state index contributed by atoms with van der Waals surface area (Å²) >= 11 is 0. The van der Waals surface area contributed by atoms with Gasteiger partial charge in [-0.2, -0.15) is 0 Å². The molecule has 0 radical (unpaired) electrons.